The quantitative estimate of drug-likeness (QED) is 0.337. The number of anilines is 1. The minimum atomic E-state index is -6.03. The van der Waals surface area contributed by atoms with Gasteiger partial charge in [-0.1, -0.05) is 24.3 Å². The first-order valence-corrected chi connectivity index (χ1v) is 14.9. The lowest BCUT2D eigenvalue weighted by molar-refractivity contribution is -0.376. The maximum atomic E-state index is 13.6. The van der Waals surface area contributed by atoms with Gasteiger partial charge >= 0.3 is 18.4 Å². The Bertz CT molecular complexity index is 1610. The normalized spacial score (nSPS) is 23.8. The molecule has 2 aromatic rings. The molecule has 0 bridgehead atoms. The van der Waals surface area contributed by atoms with Gasteiger partial charge in [-0.3, -0.25) is 14.5 Å². The lowest BCUT2D eigenvalue weighted by Crippen LogP contribution is -2.60. The van der Waals surface area contributed by atoms with Crippen molar-refractivity contribution in [2.75, 3.05) is 31.1 Å². The van der Waals surface area contributed by atoms with Crippen molar-refractivity contribution in [3.05, 3.63) is 64.7 Å². The highest BCUT2D eigenvalue weighted by Crippen LogP contribution is 2.50. The Morgan fingerprint density at radius 1 is 1.04 bits per heavy atom. The van der Waals surface area contributed by atoms with Crippen LogP contribution in [-0.4, -0.2) is 83.4 Å². The molecule has 3 aliphatic rings. The Kier molecular flexibility index (Phi) is 8.52. The fraction of sp³-hybridized carbons (Fsp3) is 0.469. The van der Waals surface area contributed by atoms with Crippen molar-refractivity contribution in [2.45, 2.75) is 69.7 Å². The number of allylic oxidation sites excluding steroid dienone is 1. The van der Waals surface area contributed by atoms with Gasteiger partial charge in [-0.25, -0.2) is 4.79 Å². The maximum absolute atomic E-state index is 13.6. The molecule has 3 atom stereocenters. The van der Waals surface area contributed by atoms with Crippen molar-refractivity contribution in [3.63, 3.8) is 0 Å². The van der Waals surface area contributed by atoms with Crippen LogP contribution < -0.4 is 15.0 Å². The maximum Gasteiger partial charge on any atom is 0.430 e. The molecule has 0 aliphatic carbocycles. The van der Waals surface area contributed by atoms with E-state index >= 15 is 0 Å². The monoisotopic (exact) mass is 668 g/mol. The van der Waals surface area contributed by atoms with E-state index in [0.717, 1.165) is 16.5 Å². The number of ether oxygens (including phenoxy) is 1. The molecule has 0 aromatic heterocycles. The standard InChI is InChI=1S/C32H34F6N4O5/c1-5-6-20-13-23(30(46,31(33,34)35)32(36,37)38)7-9-24(20)40-15-19(3)41(16-18(40)2)26(43)17-42-27(44)29(4,39-28(42)45)22-8-10-25-21(14-22)11-12-47-25/h5-10,13-14,18-19,46H,11-12,15-17H2,1-4H3,(H,39,45)/b6-5-/t18-,19+,29?/m0/s1. The van der Waals surface area contributed by atoms with Crippen LogP contribution in [0.1, 0.15) is 49.9 Å². The molecule has 2 saturated heterocycles. The van der Waals surface area contributed by atoms with E-state index in [4.69, 9.17) is 4.74 Å². The average molecular weight is 669 g/mol. The SMILES string of the molecule is C/C=C\c1cc(C(O)(C(F)(F)F)C(F)(F)F)ccc1N1C[C@@H](C)N(C(=O)CN2C(=O)NC(C)(c3ccc4c(c3)CCO4)C2=O)C[C@@H]1C. The largest absolute Gasteiger partial charge is 0.493 e. The minimum absolute atomic E-state index is 0.00693. The number of imide groups is 1. The molecule has 1 unspecified atom stereocenters. The van der Waals surface area contributed by atoms with E-state index in [-0.39, 0.29) is 18.7 Å². The second kappa shape index (κ2) is 11.8. The van der Waals surface area contributed by atoms with Crippen LogP contribution in [0.3, 0.4) is 0 Å². The smallest absolute Gasteiger partial charge is 0.430 e. The number of hydrogen-bond donors (Lipinski definition) is 2. The molecule has 2 N–H and O–H groups in total. The number of halogens is 6. The number of carbonyl (C=O) groups excluding carboxylic acids is 3. The minimum Gasteiger partial charge on any atom is -0.493 e. The summed E-state index contributed by atoms with van der Waals surface area (Å²) < 4.78 is 87.0. The van der Waals surface area contributed by atoms with Gasteiger partial charge in [-0.15, -0.1) is 0 Å². The predicted molar refractivity (Wildman–Crippen MR) is 158 cm³/mol. The summed E-state index contributed by atoms with van der Waals surface area (Å²) in [5.41, 5.74) is -6.09. The first kappa shape index (κ1) is 34.1. The number of amides is 4. The third-order valence-corrected chi connectivity index (χ3v) is 9.06. The Balaban J connectivity index is 1.34. The molecule has 254 valence electrons. The highest BCUT2D eigenvalue weighted by atomic mass is 19.4. The number of rotatable bonds is 6. The van der Waals surface area contributed by atoms with E-state index < -0.39 is 65.5 Å². The van der Waals surface area contributed by atoms with Crippen molar-refractivity contribution in [2.24, 2.45) is 0 Å². The molecule has 4 amide bonds. The average Bonchev–Trinajstić information content (AvgIpc) is 3.55. The van der Waals surface area contributed by atoms with E-state index in [0.29, 0.717) is 42.2 Å². The molecule has 47 heavy (non-hydrogen) atoms. The Labute approximate surface area is 266 Å². The van der Waals surface area contributed by atoms with Gasteiger partial charge in [0.2, 0.25) is 5.91 Å². The summed E-state index contributed by atoms with van der Waals surface area (Å²) in [6.45, 7) is 6.74. The van der Waals surface area contributed by atoms with Crippen molar-refractivity contribution in [1.29, 1.82) is 0 Å². The van der Waals surface area contributed by atoms with Gasteiger partial charge in [0.05, 0.1) is 6.61 Å². The molecule has 5 rings (SSSR count). The van der Waals surface area contributed by atoms with Crippen LogP contribution in [0.5, 0.6) is 5.75 Å². The van der Waals surface area contributed by atoms with E-state index in [1.54, 1.807) is 50.8 Å². The van der Waals surface area contributed by atoms with E-state index in [9.17, 15) is 45.8 Å². The molecule has 0 saturated carbocycles. The number of urea groups is 1. The van der Waals surface area contributed by atoms with Crippen molar-refractivity contribution >= 4 is 29.6 Å². The summed E-state index contributed by atoms with van der Waals surface area (Å²) in [7, 11) is 0. The summed E-state index contributed by atoms with van der Waals surface area (Å²) in [5.74, 6) is -0.396. The molecular weight excluding hydrogens is 634 g/mol. The third-order valence-electron chi connectivity index (χ3n) is 9.06. The number of carbonyl (C=O) groups is 3. The molecule has 2 aromatic carbocycles. The Morgan fingerprint density at radius 2 is 1.72 bits per heavy atom. The predicted octanol–water partition coefficient (Wildman–Crippen LogP) is 4.86. The number of nitrogens with one attached hydrogen (secondary N) is 1. The zero-order valence-electron chi connectivity index (χ0n) is 26.0. The summed E-state index contributed by atoms with van der Waals surface area (Å²) >= 11 is 0. The summed E-state index contributed by atoms with van der Waals surface area (Å²) in [6.07, 6.45) is -8.62. The number of hydrogen-bond acceptors (Lipinski definition) is 6. The van der Waals surface area contributed by atoms with Gasteiger partial charge in [0.1, 0.15) is 17.8 Å². The van der Waals surface area contributed by atoms with Crippen molar-refractivity contribution < 1.29 is 50.6 Å². The topological polar surface area (TPSA) is 102 Å². The van der Waals surface area contributed by atoms with Gasteiger partial charge in [0, 0.05) is 42.8 Å². The van der Waals surface area contributed by atoms with Gasteiger partial charge in [-0.2, -0.15) is 26.3 Å². The van der Waals surface area contributed by atoms with Crippen molar-refractivity contribution in [1.82, 2.24) is 15.1 Å². The van der Waals surface area contributed by atoms with Crippen LogP contribution in [0.2, 0.25) is 0 Å². The number of benzene rings is 2. The number of nitrogens with zero attached hydrogens (tertiary/aromatic N) is 3. The molecule has 3 heterocycles. The van der Waals surface area contributed by atoms with Gasteiger partial charge in [0.25, 0.3) is 11.5 Å². The van der Waals surface area contributed by atoms with Crippen LogP contribution in [0.25, 0.3) is 6.08 Å². The first-order valence-electron chi connectivity index (χ1n) is 14.9. The lowest BCUT2D eigenvalue weighted by atomic mass is 9.89. The molecule has 0 radical (unpaired) electrons. The molecule has 0 spiro atoms. The summed E-state index contributed by atoms with van der Waals surface area (Å²) in [6, 6.07) is 5.85. The third kappa shape index (κ3) is 5.68. The fourth-order valence-corrected chi connectivity index (χ4v) is 6.41. The number of aliphatic hydroxyl groups is 1. The fourth-order valence-electron chi connectivity index (χ4n) is 6.41. The number of fused-ring (bicyclic) bond motifs is 1. The number of piperazine rings is 1. The molecule has 2 fully saturated rings. The number of alkyl halides is 6. The summed E-state index contributed by atoms with van der Waals surface area (Å²) in [5, 5.41) is 12.6. The Hall–Kier alpha value is -4.27. The highest BCUT2D eigenvalue weighted by molar-refractivity contribution is 6.09. The van der Waals surface area contributed by atoms with Crippen LogP contribution in [0.15, 0.2) is 42.5 Å². The van der Waals surface area contributed by atoms with Crippen LogP contribution in [0.4, 0.5) is 36.8 Å². The highest BCUT2D eigenvalue weighted by Gasteiger charge is 2.71. The second-order valence-corrected chi connectivity index (χ2v) is 12.2. The van der Waals surface area contributed by atoms with Crippen molar-refractivity contribution in [3.8, 4) is 5.75 Å². The molecule has 15 heteroatoms. The molecule has 9 nitrogen and oxygen atoms in total. The zero-order valence-corrected chi connectivity index (χ0v) is 26.0. The van der Waals surface area contributed by atoms with E-state index in [2.05, 4.69) is 5.32 Å². The van der Waals surface area contributed by atoms with Crippen LogP contribution in [-0.2, 0) is 27.1 Å². The van der Waals surface area contributed by atoms with Crippen LogP contribution in [0, 0.1) is 0 Å². The van der Waals surface area contributed by atoms with E-state index in [1.165, 1.54) is 17.1 Å². The zero-order chi connectivity index (χ0) is 34.7. The molecule has 3 aliphatic heterocycles. The first-order chi connectivity index (χ1) is 21.8. The lowest BCUT2D eigenvalue weighted by Gasteiger charge is -2.46. The van der Waals surface area contributed by atoms with Gasteiger partial charge in [-0.05, 0) is 68.7 Å². The van der Waals surface area contributed by atoms with E-state index in [1.807, 2.05) is 0 Å². The second-order valence-electron chi connectivity index (χ2n) is 12.2. The molecular formula is C32H34F6N4O5. The van der Waals surface area contributed by atoms with Gasteiger partial charge in [0.15, 0.2) is 0 Å². The Morgan fingerprint density at radius 3 is 2.36 bits per heavy atom. The summed E-state index contributed by atoms with van der Waals surface area (Å²) in [4.78, 5) is 44.1. The van der Waals surface area contributed by atoms with Gasteiger partial charge < -0.3 is 25.0 Å². The van der Waals surface area contributed by atoms with Crippen LogP contribution >= 0.6 is 0 Å².